The molecular formula is C14H20S. The van der Waals surface area contributed by atoms with Crippen LogP contribution >= 0.6 is 11.8 Å². The van der Waals surface area contributed by atoms with Crippen LogP contribution in [-0.4, -0.2) is 5.75 Å². The third kappa shape index (κ3) is 5.68. The van der Waals surface area contributed by atoms with Crippen molar-refractivity contribution in [1.29, 1.82) is 0 Å². The Kier molecular flexibility index (Phi) is 6.26. The number of aryl methyl sites for hydroxylation is 1. The molecule has 0 saturated carbocycles. The van der Waals surface area contributed by atoms with E-state index in [0.29, 0.717) is 0 Å². The summed E-state index contributed by atoms with van der Waals surface area (Å²) in [6.45, 7) is 5.86. The van der Waals surface area contributed by atoms with Crippen LogP contribution in [0.15, 0.2) is 41.8 Å². The highest BCUT2D eigenvalue weighted by atomic mass is 32.2. The molecule has 0 radical (unpaired) electrons. The lowest BCUT2D eigenvalue weighted by Crippen LogP contribution is -1.81. The van der Waals surface area contributed by atoms with Gasteiger partial charge in [0.2, 0.25) is 0 Å². The minimum absolute atomic E-state index is 1.16. The van der Waals surface area contributed by atoms with Crippen molar-refractivity contribution >= 4 is 11.8 Å². The van der Waals surface area contributed by atoms with Crippen molar-refractivity contribution in [1.82, 2.24) is 0 Å². The molecule has 0 N–H and O–H groups in total. The maximum atomic E-state index is 3.73. The van der Waals surface area contributed by atoms with Crippen LogP contribution in [0, 0.1) is 6.92 Å². The highest BCUT2D eigenvalue weighted by molar-refractivity contribution is 7.99. The van der Waals surface area contributed by atoms with E-state index in [1.54, 1.807) is 0 Å². The fraction of sp³-hybridized carbons (Fsp3) is 0.429. The normalized spacial score (nSPS) is 10.2. The third-order valence-corrected chi connectivity index (χ3v) is 3.44. The Morgan fingerprint density at radius 1 is 1.13 bits per heavy atom. The van der Waals surface area contributed by atoms with Gasteiger partial charge in [0.05, 0.1) is 0 Å². The molecule has 82 valence electrons. The number of hydrogen-bond acceptors (Lipinski definition) is 1. The SMILES string of the molecule is C=CCCCCCSc1ccc(C)cc1. The molecule has 0 aliphatic carbocycles. The van der Waals surface area contributed by atoms with Crippen LogP contribution in [-0.2, 0) is 0 Å². The maximum absolute atomic E-state index is 3.73. The van der Waals surface area contributed by atoms with Gasteiger partial charge in [0.1, 0.15) is 0 Å². The molecule has 0 amide bonds. The van der Waals surface area contributed by atoms with E-state index in [-0.39, 0.29) is 0 Å². The first-order valence-electron chi connectivity index (χ1n) is 5.63. The van der Waals surface area contributed by atoms with Crippen molar-refractivity contribution < 1.29 is 0 Å². The van der Waals surface area contributed by atoms with E-state index in [4.69, 9.17) is 0 Å². The van der Waals surface area contributed by atoms with Gasteiger partial charge in [-0.3, -0.25) is 0 Å². The number of rotatable bonds is 7. The zero-order valence-corrected chi connectivity index (χ0v) is 10.4. The van der Waals surface area contributed by atoms with Gasteiger partial charge in [-0.2, -0.15) is 0 Å². The number of allylic oxidation sites excluding steroid dienone is 1. The molecule has 0 bridgehead atoms. The fourth-order valence-electron chi connectivity index (χ4n) is 1.39. The van der Waals surface area contributed by atoms with Gasteiger partial charge in [-0.25, -0.2) is 0 Å². The van der Waals surface area contributed by atoms with Gasteiger partial charge < -0.3 is 0 Å². The summed E-state index contributed by atoms with van der Waals surface area (Å²) in [6, 6.07) is 8.79. The molecule has 1 aromatic rings. The first-order valence-corrected chi connectivity index (χ1v) is 6.62. The van der Waals surface area contributed by atoms with E-state index in [0.717, 1.165) is 6.42 Å². The summed E-state index contributed by atoms with van der Waals surface area (Å²) in [5.74, 6) is 1.24. The second-order valence-corrected chi connectivity index (χ2v) is 4.97. The number of hydrogen-bond donors (Lipinski definition) is 0. The summed E-state index contributed by atoms with van der Waals surface area (Å²) in [5, 5.41) is 0. The highest BCUT2D eigenvalue weighted by Crippen LogP contribution is 2.20. The van der Waals surface area contributed by atoms with Gasteiger partial charge in [0.25, 0.3) is 0 Å². The minimum atomic E-state index is 1.16. The highest BCUT2D eigenvalue weighted by Gasteiger charge is 1.93. The summed E-state index contributed by atoms with van der Waals surface area (Å²) >= 11 is 1.96. The molecule has 0 heterocycles. The van der Waals surface area contributed by atoms with Crippen molar-refractivity contribution in [2.45, 2.75) is 37.5 Å². The summed E-state index contributed by atoms with van der Waals surface area (Å²) in [7, 11) is 0. The quantitative estimate of drug-likeness (QED) is 0.360. The Labute approximate surface area is 97.8 Å². The predicted octanol–water partition coefficient (Wildman–Crippen LogP) is 4.83. The molecule has 1 rings (SSSR count). The van der Waals surface area contributed by atoms with E-state index in [1.807, 2.05) is 17.8 Å². The van der Waals surface area contributed by atoms with Gasteiger partial charge >= 0.3 is 0 Å². The Bertz CT molecular complexity index is 274. The van der Waals surface area contributed by atoms with Crippen LogP contribution in [0.4, 0.5) is 0 Å². The zero-order chi connectivity index (χ0) is 10.9. The maximum Gasteiger partial charge on any atom is 0.00721 e. The number of unbranched alkanes of at least 4 members (excludes halogenated alkanes) is 3. The number of thioether (sulfide) groups is 1. The van der Waals surface area contributed by atoms with Crippen molar-refractivity contribution in [2.24, 2.45) is 0 Å². The van der Waals surface area contributed by atoms with Crippen LogP contribution in [0.3, 0.4) is 0 Å². The third-order valence-electron chi connectivity index (χ3n) is 2.34. The van der Waals surface area contributed by atoms with E-state index in [1.165, 1.54) is 35.5 Å². The van der Waals surface area contributed by atoms with Crippen molar-refractivity contribution in [3.8, 4) is 0 Å². The van der Waals surface area contributed by atoms with Crippen LogP contribution in [0.5, 0.6) is 0 Å². The predicted molar refractivity (Wildman–Crippen MR) is 70.6 cm³/mol. The lowest BCUT2D eigenvalue weighted by Gasteiger charge is -2.01. The Hall–Kier alpha value is -0.690. The molecule has 0 spiro atoms. The Balaban J connectivity index is 2.09. The van der Waals surface area contributed by atoms with Gasteiger partial charge in [-0.05, 0) is 44.1 Å². The topological polar surface area (TPSA) is 0 Å². The Morgan fingerprint density at radius 2 is 1.87 bits per heavy atom. The van der Waals surface area contributed by atoms with Gasteiger partial charge in [-0.15, -0.1) is 18.3 Å². The van der Waals surface area contributed by atoms with Crippen LogP contribution in [0.2, 0.25) is 0 Å². The molecule has 15 heavy (non-hydrogen) atoms. The Morgan fingerprint density at radius 3 is 2.53 bits per heavy atom. The molecule has 0 saturated heterocycles. The molecule has 0 nitrogen and oxygen atoms in total. The average molecular weight is 220 g/mol. The zero-order valence-electron chi connectivity index (χ0n) is 9.54. The molecule has 0 fully saturated rings. The second-order valence-electron chi connectivity index (χ2n) is 3.80. The average Bonchev–Trinajstić information content (AvgIpc) is 2.26. The van der Waals surface area contributed by atoms with Crippen molar-refractivity contribution in [3.05, 3.63) is 42.5 Å². The van der Waals surface area contributed by atoms with Gasteiger partial charge in [0.15, 0.2) is 0 Å². The minimum Gasteiger partial charge on any atom is -0.126 e. The number of benzene rings is 1. The molecule has 0 aromatic heterocycles. The van der Waals surface area contributed by atoms with Crippen LogP contribution in [0.25, 0.3) is 0 Å². The van der Waals surface area contributed by atoms with E-state index < -0.39 is 0 Å². The first-order chi connectivity index (χ1) is 7.33. The van der Waals surface area contributed by atoms with E-state index in [9.17, 15) is 0 Å². The van der Waals surface area contributed by atoms with Gasteiger partial charge in [0, 0.05) is 4.90 Å². The largest absolute Gasteiger partial charge is 0.126 e. The lowest BCUT2D eigenvalue weighted by molar-refractivity contribution is 0.735. The van der Waals surface area contributed by atoms with E-state index >= 15 is 0 Å². The molecule has 0 atom stereocenters. The van der Waals surface area contributed by atoms with Crippen molar-refractivity contribution in [3.63, 3.8) is 0 Å². The molecule has 1 heteroatoms. The standard InChI is InChI=1S/C14H20S/c1-3-4-5-6-7-12-15-14-10-8-13(2)9-11-14/h3,8-11H,1,4-7,12H2,2H3. The lowest BCUT2D eigenvalue weighted by atomic mass is 10.2. The summed E-state index contributed by atoms with van der Waals surface area (Å²) in [4.78, 5) is 1.39. The summed E-state index contributed by atoms with van der Waals surface area (Å²) < 4.78 is 0. The smallest absolute Gasteiger partial charge is 0.00721 e. The molecule has 0 unspecified atom stereocenters. The van der Waals surface area contributed by atoms with Gasteiger partial charge in [-0.1, -0.05) is 30.2 Å². The van der Waals surface area contributed by atoms with Crippen molar-refractivity contribution in [2.75, 3.05) is 5.75 Å². The molecular weight excluding hydrogens is 200 g/mol. The molecule has 1 aromatic carbocycles. The fourth-order valence-corrected chi connectivity index (χ4v) is 2.30. The monoisotopic (exact) mass is 220 g/mol. The first kappa shape index (κ1) is 12.4. The van der Waals surface area contributed by atoms with Crippen LogP contribution < -0.4 is 0 Å². The molecule has 0 aliphatic rings. The second kappa shape index (κ2) is 7.58. The van der Waals surface area contributed by atoms with E-state index in [2.05, 4.69) is 37.8 Å². The summed E-state index contributed by atoms with van der Waals surface area (Å²) in [5.41, 5.74) is 1.34. The van der Waals surface area contributed by atoms with Crippen LogP contribution in [0.1, 0.15) is 31.2 Å². The molecule has 0 aliphatic heterocycles. The summed E-state index contributed by atoms with van der Waals surface area (Å²) in [6.07, 6.45) is 7.09.